The molecule has 1 aliphatic heterocycles. The number of carbonyl (C=O) groups is 2. The minimum atomic E-state index is -0.242. The van der Waals surface area contributed by atoms with E-state index in [1.165, 1.54) is 11.3 Å². The predicted molar refractivity (Wildman–Crippen MR) is 101 cm³/mol. The Morgan fingerprint density at radius 2 is 2.16 bits per heavy atom. The Bertz CT molecular complexity index is 920. The number of rotatable bonds is 4. The van der Waals surface area contributed by atoms with Gasteiger partial charge >= 0.3 is 6.03 Å². The quantitative estimate of drug-likeness (QED) is 0.736. The summed E-state index contributed by atoms with van der Waals surface area (Å²) in [5.74, 6) is -0.242. The van der Waals surface area contributed by atoms with Gasteiger partial charge in [0.25, 0.3) is 5.91 Å². The highest BCUT2D eigenvalue weighted by atomic mass is 32.1. The van der Waals surface area contributed by atoms with Crippen LogP contribution in [0.4, 0.5) is 15.6 Å². The van der Waals surface area contributed by atoms with Gasteiger partial charge in [-0.3, -0.25) is 15.0 Å². The van der Waals surface area contributed by atoms with Gasteiger partial charge in [0.2, 0.25) is 0 Å². The van der Waals surface area contributed by atoms with Crippen LogP contribution >= 0.6 is 22.7 Å². The van der Waals surface area contributed by atoms with Crippen LogP contribution in [0, 0.1) is 0 Å². The van der Waals surface area contributed by atoms with Gasteiger partial charge < -0.3 is 5.32 Å². The highest BCUT2D eigenvalue weighted by Gasteiger charge is 2.22. The Balaban J connectivity index is 1.51. The zero-order chi connectivity index (χ0) is 17.2. The molecule has 3 aromatic rings. The van der Waals surface area contributed by atoms with E-state index in [1.54, 1.807) is 34.4 Å². The Kier molecular flexibility index (Phi) is 4.21. The summed E-state index contributed by atoms with van der Waals surface area (Å²) in [7, 11) is 0. The largest absolute Gasteiger partial charge is 0.336 e. The van der Waals surface area contributed by atoms with Gasteiger partial charge in [-0.2, -0.15) is 0 Å². The van der Waals surface area contributed by atoms with Crippen LogP contribution in [0.2, 0.25) is 0 Å². The third kappa shape index (κ3) is 3.26. The second-order valence-electron chi connectivity index (χ2n) is 5.40. The summed E-state index contributed by atoms with van der Waals surface area (Å²) in [5.41, 5.74) is 2.06. The third-order valence-corrected chi connectivity index (χ3v) is 5.43. The lowest BCUT2D eigenvalue weighted by molar-refractivity contribution is 0.102. The number of thiazole rings is 1. The summed E-state index contributed by atoms with van der Waals surface area (Å²) in [4.78, 5) is 31.4. The molecule has 1 saturated heterocycles. The maximum Gasteiger partial charge on any atom is 0.321 e. The van der Waals surface area contributed by atoms with Crippen molar-refractivity contribution in [3.63, 3.8) is 0 Å². The van der Waals surface area contributed by atoms with Gasteiger partial charge in [-0.05, 0) is 29.6 Å². The Morgan fingerprint density at radius 1 is 1.24 bits per heavy atom. The highest BCUT2D eigenvalue weighted by Crippen LogP contribution is 2.28. The van der Waals surface area contributed by atoms with Crippen molar-refractivity contribution in [1.82, 2.24) is 10.3 Å². The molecular weight excluding hydrogens is 356 g/mol. The molecule has 0 unspecified atom stereocenters. The van der Waals surface area contributed by atoms with Crippen molar-refractivity contribution in [3.8, 4) is 10.6 Å². The smallest absolute Gasteiger partial charge is 0.321 e. The van der Waals surface area contributed by atoms with E-state index in [9.17, 15) is 9.59 Å². The normalized spacial score (nSPS) is 13.8. The monoisotopic (exact) mass is 370 g/mol. The standard InChI is InChI=1S/C17H14N4O2S2/c22-15(20-16-19-13(10-25-16)14-5-2-8-24-14)11-3-1-4-12(9-11)21-7-6-18-17(21)23/h1-5,8-10H,6-7H2,(H,18,23)(H,19,20,22). The molecule has 0 bridgehead atoms. The van der Waals surface area contributed by atoms with Gasteiger partial charge in [-0.25, -0.2) is 9.78 Å². The maximum atomic E-state index is 12.5. The third-order valence-electron chi connectivity index (χ3n) is 3.78. The zero-order valence-electron chi connectivity index (χ0n) is 13.1. The number of thiophene rings is 1. The molecule has 0 radical (unpaired) electrons. The summed E-state index contributed by atoms with van der Waals surface area (Å²) >= 11 is 3.00. The molecule has 1 aliphatic rings. The van der Waals surface area contributed by atoms with Crippen LogP contribution in [0.1, 0.15) is 10.4 Å². The lowest BCUT2D eigenvalue weighted by atomic mass is 10.2. The van der Waals surface area contributed by atoms with E-state index in [-0.39, 0.29) is 11.9 Å². The van der Waals surface area contributed by atoms with Crippen LogP contribution in [0.5, 0.6) is 0 Å². The number of aromatic nitrogens is 1. The number of benzene rings is 1. The second-order valence-corrected chi connectivity index (χ2v) is 7.21. The van der Waals surface area contributed by atoms with Crippen molar-refractivity contribution in [2.75, 3.05) is 23.3 Å². The Hall–Kier alpha value is -2.71. The first-order chi connectivity index (χ1) is 12.2. The fourth-order valence-corrected chi connectivity index (χ4v) is 4.04. The van der Waals surface area contributed by atoms with Gasteiger partial charge in [0.15, 0.2) is 5.13 Å². The first-order valence-electron chi connectivity index (χ1n) is 7.67. The molecule has 126 valence electrons. The molecule has 25 heavy (non-hydrogen) atoms. The van der Waals surface area contributed by atoms with Gasteiger partial charge in [-0.15, -0.1) is 22.7 Å². The molecule has 4 rings (SSSR count). The maximum absolute atomic E-state index is 12.5. The molecule has 1 fully saturated rings. The lowest BCUT2D eigenvalue weighted by Gasteiger charge is -2.14. The minimum absolute atomic E-state index is 0.141. The lowest BCUT2D eigenvalue weighted by Crippen LogP contribution is -2.27. The number of nitrogens with one attached hydrogen (secondary N) is 2. The van der Waals surface area contributed by atoms with Gasteiger partial charge in [0.05, 0.1) is 10.6 Å². The van der Waals surface area contributed by atoms with Gasteiger partial charge in [-0.1, -0.05) is 12.1 Å². The summed E-state index contributed by atoms with van der Waals surface area (Å²) in [6.45, 7) is 1.21. The van der Waals surface area contributed by atoms with E-state index < -0.39 is 0 Å². The van der Waals surface area contributed by atoms with Crippen molar-refractivity contribution in [2.45, 2.75) is 0 Å². The molecule has 6 nitrogen and oxygen atoms in total. The van der Waals surface area contributed by atoms with E-state index in [2.05, 4.69) is 15.6 Å². The average molecular weight is 370 g/mol. The van der Waals surface area contributed by atoms with E-state index in [0.717, 1.165) is 10.6 Å². The van der Waals surface area contributed by atoms with Crippen molar-refractivity contribution in [3.05, 3.63) is 52.7 Å². The van der Waals surface area contributed by atoms with Crippen molar-refractivity contribution >= 4 is 45.4 Å². The first kappa shape index (κ1) is 15.8. The molecule has 0 atom stereocenters. The number of hydrogen-bond acceptors (Lipinski definition) is 5. The number of amides is 3. The Morgan fingerprint density at radius 3 is 2.92 bits per heavy atom. The summed E-state index contributed by atoms with van der Waals surface area (Å²) < 4.78 is 0. The molecule has 3 heterocycles. The highest BCUT2D eigenvalue weighted by molar-refractivity contribution is 7.16. The van der Waals surface area contributed by atoms with Crippen molar-refractivity contribution in [1.29, 1.82) is 0 Å². The fourth-order valence-electron chi connectivity index (χ4n) is 2.57. The summed E-state index contributed by atoms with van der Waals surface area (Å²) in [6, 6.07) is 10.9. The van der Waals surface area contributed by atoms with E-state index in [4.69, 9.17) is 0 Å². The molecule has 2 aromatic heterocycles. The molecule has 0 spiro atoms. The zero-order valence-corrected chi connectivity index (χ0v) is 14.7. The van der Waals surface area contributed by atoms with Gasteiger partial charge in [0.1, 0.15) is 0 Å². The van der Waals surface area contributed by atoms with Crippen LogP contribution in [-0.4, -0.2) is 30.0 Å². The van der Waals surface area contributed by atoms with Crippen molar-refractivity contribution in [2.24, 2.45) is 0 Å². The number of nitrogens with zero attached hydrogens (tertiary/aromatic N) is 2. The van der Waals surface area contributed by atoms with E-state index in [1.807, 2.05) is 29.0 Å². The van der Waals surface area contributed by atoms with Gasteiger partial charge in [0, 0.05) is 29.7 Å². The molecule has 2 N–H and O–H groups in total. The second kappa shape index (κ2) is 6.66. The van der Waals surface area contributed by atoms with E-state index >= 15 is 0 Å². The van der Waals surface area contributed by atoms with Crippen LogP contribution < -0.4 is 15.5 Å². The van der Waals surface area contributed by atoms with Crippen LogP contribution in [0.25, 0.3) is 10.6 Å². The molecule has 0 aliphatic carbocycles. The van der Waals surface area contributed by atoms with Crippen LogP contribution in [0.15, 0.2) is 47.2 Å². The molecule has 0 saturated carbocycles. The molecule has 3 amide bonds. The number of hydrogen-bond donors (Lipinski definition) is 2. The average Bonchev–Trinajstić information content (AvgIpc) is 3.36. The fraction of sp³-hybridized carbons (Fsp3) is 0.118. The number of anilines is 2. The predicted octanol–water partition coefficient (Wildman–Crippen LogP) is 3.65. The van der Waals surface area contributed by atoms with E-state index in [0.29, 0.717) is 29.5 Å². The van der Waals surface area contributed by atoms with Crippen LogP contribution in [0.3, 0.4) is 0 Å². The minimum Gasteiger partial charge on any atom is -0.336 e. The van der Waals surface area contributed by atoms with Crippen molar-refractivity contribution < 1.29 is 9.59 Å². The first-order valence-corrected chi connectivity index (χ1v) is 9.43. The summed E-state index contributed by atoms with van der Waals surface area (Å²) in [5, 5.41) is 10.0. The number of carbonyl (C=O) groups excluding carboxylic acids is 2. The molecular formula is C17H14N4O2S2. The summed E-state index contributed by atoms with van der Waals surface area (Å²) in [6.07, 6.45) is 0. The number of urea groups is 1. The molecule has 1 aromatic carbocycles. The Labute approximate surface area is 152 Å². The topological polar surface area (TPSA) is 74.3 Å². The SMILES string of the molecule is O=C(Nc1nc(-c2cccs2)cs1)c1cccc(N2CCNC2=O)c1. The van der Waals surface area contributed by atoms with Crippen LogP contribution in [-0.2, 0) is 0 Å². The molecule has 8 heteroatoms.